The van der Waals surface area contributed by atoms with Gasteiger partial charge in [0.05, 0.1) is 0 Å². The van der Waals surface area contributed by atoms with Crippen LogP contribution in [-0.2, 0) is 6.18 Å². The van der Waals surface area contributed by atoms with Gasteiger partial charge in [0.2, 0.25) is 0 Å². The lowest BCUT2D eigenvalue weighted by atomic mass is 10.1. The van der Waals surface area contributed by atoms with Gasteiger partial charge in [0.15, 0.2) is 0 Å². The molecule has 2 N–H and O–H groups in total. The van der Waals surface area contributed by atoms with Crippen LogP contribution in [0.4, 0.5) is 18.9 Å². The van der Waals surface area contributed by atoms with Crippen molar-refractivity contribution < 1.29 is 17.9 Å². The molecule has 0 aliphatic heterocycles. The van der Waals surface area contributed by atoms with Gasteiger partial charge in [-0.25, -0.2) is 0 Å². The Kier molecular flexibility index (Phi) is 3.85. The van der Waals surface area contributed by atoms with E-state index in [9.17, 15) is 13.2 Å². The van der Waals surface area contributed by atoms with E-state index in [4.69, 9.17) is 10.5 Å². The van der Waals surface area contributed by atoms with E-state index >= 15 is 0 Å². The Labute approximate surface area is 121 Å². The second kappa shape index (κ2) is 5.31. The second-order valence-electron chi connectivity index (χ2n) is 5.06. The molecule has 2 nitrogen and oxygen atoms in total. The zero-order chi connectivity index (χ0) is 15.8. The molecule has 2 rings (SSSR count). The molecular formula is C16H16F3NO. The molecule has 0 amide bonds. The number of rotatable bonds is 2. The number of alkyl halides is 3. The van der Waals surface area contributed by atoms with Crippen LogP contribution in [0.5, 0.6) is 11.5 Å². The van der Waals surface area contributed by atoms with E-state index in [1.807, 2.05) is 26.8 Å². The Morgan fingerprint density at radius 1 is 0.952 bits per heavy atom. The fourth-order valence-electron chi connectivity index (χ4n) is 2.08. The van der Waals surface area contributed by atoms with Crippen LogP contribution in [-0.4, -0.2) is 0 Å². The molecule has 0 saturated carbocycles. The summed E-state index contributed by atoms with van der Waals surface area (Å²) in [6.45, 7) is 5.57. The first-order valence-electron chi connectivity index (χ1n) is 6.41. The molecule has 0 unspecified atom stereocenters. The van der Waals surface area contributed by atoms with Gasteiger partial charge in [-0.1, -0.05) is 6.07 Å². The van der Waals surface area contributed by atoms with Crippen LogP contribution in [0.1, 0.15) is 22.3 Å². The fourth-order valence-corrected chi connectivity index (χ4v) is 2.08. The van der Waals surface area contributed by atoms with Crippen molar-refractivity contribution in [3.8, 4) is 11.5 Å². The van der Waals surface area contributed by atoms with Gasteiger partial charge in [-0.15, -0.1) is 0 Å². The van der Waals surface area contributed by atoms with Crippen molar-refractivity contribution in [1.82, 2.24) is 0 Å². The van der Waals surface area contributed by atoms with E-state index in [1.165, 1.54) is 12.1 Å². The van der Waals surface area contributed by atoms with Gasteiger partial charge in [0.25, 0.3) is 0 Å². The Morgan fingerprint density at radius 3 is 2.24 bits per heavy atom. The predicted molar refractivity (Wildman–Crippen MR) is 76.6 cm³/mol. The zero-order valence-electron chi connectivity index (χ0n) is 12.0. The maximum atomic E-state index is 13.1. The summed E-state index contributed by atoms with van der Waals surface area (Å²) < 4.78 is 44.7. The van der Waals surface area contributed by atoms with Crippen LogP contribution in [0.2, 0.25) is 0 Å². The van der Waals surface area contributed by atoms with Gasteiger partial charge in [0.1, 0.15) is 17.1 Å². The number of nitrogens with two attached hydrogens (primary N) is 1. The molecule has 0 heterocycles. The highest BCUT2D eigenvalue weighted by Gasteiger charge is 2.35. The number of aryl methyl sites for hydroxylation is 2. The number of benzene rings is 2. The number of ether oxygens (including phenoxy) is 1. The summed E-state index contributed by atoms with van der Waals surface area (Å²) >= 11 is 0. The van der Waals surface area contributed by atoms with Gasteiger partial charge in [0, 0.05) is 5.69 Å². The molecule has 0 radical (unpaired) electrons. The summed E-state index contributed by atoms with van der Waals surface area (Å²) in [4.78, 5) is 0. The minimum Gasteiger partial charge on any atom is -0.456 e. The van der Waals surface area contributed by atoms with Gasteiger partial charge in [-0.2, -0.15) is 13.2 Å². The monoisotopic (exact) mass is 295 g/mol. The van der Waals surface area contributed by atoms with E-state index in [-0.39, 0.29) is 11.4 Å². The largest absolute Gasteiger partial charge is 0.456 e. The molecule has 0 aliphatic carbocycles. The van der Waals surface area contributed by atoms with Crippen molar-refractivity contribution in [3.05, 3.63) is 52.6 Å². The molecule has 0 aliphatic rings. The predicted octanol–water partition coefficient (Wildman–Crippen LogP) is 5.01. The van der Waals surface area contributed by atoms with Crippen molar-refractivity contribution in [2.75, 3.05) is 5.73 Å². The third-order valence-electron chi connectivity index (χ3n) is 3.29. The topological polar surface area (TPSA) is 35.2 Å². The van der Waals surface area contributed by atoms with Gasteiger partial charge in [-0.3, -0.25) is 0 Å². The van der Waals surface area contributed by atoms with Crippen LogP contribution in [0, 0.1) is 20.8 Å². The fraction of sp³-hybridized carbons (Fsp3) is 0.250. The van der Waals surface area contributed by atoms with E-state index in [0.29, 0.717) is 5.75 Å². The SMILES string of the molecule is Cc1cc(C)c(C)c(Oc2ccc(N)cc2C(F)(F)F)c1. The Balaban J connectivity index is 2.50. The summed E-state index contributed by atoms with van der Waals surface area (Å²) in [6, 6.07) is 7.19. The van der Waals surface area contributed by atoms with E-state index < -0.39 is 11.7 Å². The first kappa shape index (κ1) is 15.2. The Hall–Kier alpha value is -2.17. The Morgan fingerprint density at radius 2 is 1.62 bits per heavy atom. The smallest absolute Gasteiger partial charge is 0.420 e. The van der Waals surface area contributed by atoms with E-state index in [1.54, 1.807) is 6.07 Å². The van der Waals surface area contributed by atoms with Gasteiger partial charge < -0.3 is 10.5 Å². The number of nitrogen functional groups attached to an aromatic ring is 1. The molecule has 0 spiro atoms. The molecule has 0 atom stereocenters. The first-order valence-corrected chi connectivity index (χ1v) is 6.41. The van der Waals surface area contributed by atoms with E-state index in [2.05, 4.69) is 0 Å². The lowest BCUT2D eigenvalue weighted by Gasteiger charge is -2.16. The van der Waals surface area contributed by atoms with Crippen molar-refractivity contribution in [3.63, 3.8) is 0 Å². The minimum atomic E-state index is -4.52. The zero-order valence-corrected chi connectivity index (χ0v) is 12.0. The molecule has 0 fully saturated rings. The molecule has 112 valence electrons. The summed E-state index contributed by atoms with van der Waals surface area (Å²) in [7, 11) is 0. The Bertz CT molecular complexity index is 678. The molecule has 0 bridgehead atoms. The summed E-state index contributed by atoms with van der Waals surface area (Å²) in [5.74, 6) is 0.174. The lowest BCUT2D eigenvalue weighted by Crippen LogP contribution is -2.08. The number of anilines is 1. The highest BCUT2D eigenvalue weighted by Crippen LogP contribution is 2.40. The van der Waals surface area contributed by atoms with Gasteiger partial charge in [-0.05, 0) is 61.7 Å². The van der Waals surface area contributed by atoms with E-state index in [0.717, 1.165) is 22.8 Å². The maximum Gasteiger partial charge on any atom is 0.420 e. The third-order valence-corrected chi connectivity index (χ3v) is 3.29. The van der Waals surface area contributed by atoms with Crippen LogP contribution in [0.25, 0.3) is 0 Å². The average molecular weight is 295 g/mol. The van der Waals surface area contributed by atoms with Crippen molar-refractivity contribution >= 4 is 5.69 Å². The van der Waals surface area contributed by atoms with Gasteiger partial charge >= 0.3 is 6.18 Å². The molecule has 2 aromatic rings. The summed E-state index contributed by atoms with van der Waals surface area (Å²) in [6.07, 6.45) is -4.52. The second-order valence-corrected chi connectivity index (χ2v) is 5.06. The lowest BCUT2D eigenvalue weighted by molar-refractivity contribution is -0.138. The summed E-state index contributed by atoms with van der Waals surface area (Å²) in [5, 5.41) is 0. The third kappa shape index (κ3) is 3.29. The standard InChI is InChI=1S/C16H16F3NO/c1-9-6-10(2)11(3)15(7-9)21-14-5-4-12(20)8-13(14)16(17,18)19/h4-8H,20H2,1-3H3. The van der Waals surface area contributed by atoms with Crippen molar-refractivity contribution in [2.45, 2.75) is 26.9 Å². The molecular weight excluding hydrogens is 279 g/mol. The molecule has 2 aromatic carbocycles. The van der Waals surface area contributed by atoms with Crippen molar-refractivity contribution in [1.29, 1.82) is 0 Å². The number of hydrogen-bond acceptors (Lipinski definition) is 2. The minimum absolute atomic E-state index is 0.0480. The summed E-state index contributed by atoms with van der Waals surface area (Å²) in [5.41, 5.74) is 7.32. The average Bonchev–Trinajstić information content (AvgIpc) is 2.36. The van der Waals surface area contributed by atoms with Crippen LogP contribution in [0.3, 0.4) is 0 Å². The first-order chi connectivity index (χ1) is 9.68. The molecule has 0 saturated heterocycles. The molecule has 21 heavy (non-hydrogen) atoms. The quantitative estimate of drug-likeness (QED) is 0.791. The van der Waals surface area contributed by atoms with Crippen molar-refractivity contribution in [2.24, 2.45) is 0 Å². The van der Waals surface area contributed by atoms with Crippen LogP contribution < -0.4 is 10.5 Å². The maximum absolute atomic E-state index is 13.1. The number of halogens is 3. The highest BCUT2D eigenvalue weighted by molar-refractivity contribution is 5.52. The number of hydrogen-bond donors (Lipinski definition) is 1. The van der Waals surface area contributed by atoms with Crippen LogP contribution in [0.15, 0.2) is 30.3 Å². The molecule has 0 aromatic heterocycles. The van der Waals surface area contributed by atoms with Crippen LogP contribution >= 0.6 is 0 Å². The normalized spacial score (nSPS) is 11.5. The highest BCUT2D eigenvalue weighted by atomic mass is 19.4. The molecule has 5 heteroatoms.